The van der Waals surface area contributed by atoms with Crippen molar-refractivity contribution in [3.63, 3.8) is 0 Å². The first-order valence-electron chi connectivity index (χ1n) is 8.66. The lowest BCUT2D eigenvalue weighted by Gasteiger charge is -2.22. The van der Waals surface area contributed by atoms with E-state index in [0.717, 1.165) is 0 Å². The molecule has 27 heavy (non-hydrogen) atoms. The van der Waals surface area contributed by atoms with E-state index < -0.39 is 42.0 Å². The number of carbonyl (C=O) groups is 5. The number of unbranched alkanes of at least 4 members (excludes halogenated alkanes) is 3. The zero-order chi connectivity index (χ0) is 21.0. The summed E-state index contributed by atoms with van der Waals surface area (Å²) in [5, 5.41) is 21.9. The normalized spacial score (nSPS) is 12.0. The molecule has 0 rings (SSSR count). The lowest BCUT2D eigenvalue weighted by atomic mass is 10.1. The minimum atomic E-state index is -1.75. The second-order valence-electron chi connectivity index (χ2n) is 6.96. The number of nitrogens with one attached hydrogen (secondary N) is 2. The lowest BCUT2D eigenvalue weighted by Crippen LogP contribution is -2.49. The Labute approximate surface area is 157 Å². The summed E-state index contributed by atoms with van der Waals surface area (Å²) in [6.07, 6.45) is 2.52. The highest BCUT2D eigenvalue weighted by molar-refractivity contribution is 6.01. The van der Waals surface area contributed by atoms with Gasteiger partial charge >= 0.3 is 17.9 Å². The number of carbonyl (C=O) groups excluding carboxylic acids is 3. The Hall–Kier alpha value is -2.65. The Kier molecular flexibility index (Phi) is 10.7. The molecule has 0 radical (unpaired) electrons. The van der Waals surface area contributed by atoms with Crippen molar-refractivity contribution in [1.82, 2.24) is 10.6 Å². The van der Waals surface area contributed by atoms with E-state index in [2.05, 4.69) is 10.6 Å². The Balaban J connectivity index is 4.06. The SMILES string of the molecule is CC(C)(C)OC(=O)C(NC(=O)CCCCCCC(=O)NCC(=O)O)C(=O)O. The Morgan fingerprint density at radius 1 is 0.889 bits per heavy atom. The van der Waals surface area contributed by atoms with Crippen molar-refractivity contribution < 1.29 is 38.9 Å². The van der Waals surface area contributed by atoms with Crippen molar-refractivity contribution in [2.45, 2.75) is 70.9 Å². The summed E-state index contributed by atoms with van der Waals surface area (Å²) < 4.78 is 4.97. The van der Waals surface area contributed by atoms with E-state index in [4.69, 9.17) is 14.9 Å². The maximum Gasteiger partial charge on any atom is 0.340 e. The molecule has 1 unspecified atom stereocenters. The molecular formula is C17H28N2O8. The topological polar surface area (TPSA) is 159 Å². The number of ether oxygens (including phenoxy) is 1. The van der Waals surface area contributed by atoms with Gasteiger partial charge in [0.1, 0.15) is 12.1 Å². The smallest absolute Gasteiger partial charge is 0.340 e. The van der Waals surface area contributed by atoms with E-state index in [9.17, 15) is 24.0 Å². The second kappa shape index (κ2) is 11.9. The summed E-state index contributed by atoms with van der Waals surface area (Å²) >= 11 is 0. The third-order valence-electron chi connectivity index (χ3n) is 3.19. The van der Waals surface area contributed by atoms with E-state index in [1.54, 1.807) is 20.8 Å². The number of esters is 1. The number of hydrogen-bond acceptors (Lipinski definition) is 6. The number of aliphatic carboxylic acids is 2. The molecule has 0 aliphatic carbocycles. The van der Waals surface area contributed by atoms with Crippen LogP contribution >= 0.6 is 0 Å². The number of rotatable bonds is 12. The van der Waals surface area contributed by atoms with Gasteiger partial charge in [0.05, 0.1) is 0 Å². The number of carboxylic acids is 2. The minimum Gasteiger partial charge on any atom is -0.480 e. The molecule has 0 aliphatic rings. The average Bonchev–Trinajstić information content (AvgIpc) is 2.51. The molecule has 0 bridgehead atoms. The van der Waals surface area contributed by atoms with Crippen LogP contribution in [0.4, 0.5) is 0 Å². The Morgan fingerprint density at radius 2 is 1.41 bits per heavy atom. The van der Waals surface area contributed by atoms with Crippen molar-refractivity contribution in [2.24, 2.45) is 0 Å². The van der Waals surface area contributed by atoms with Crippen molar-refractivity contribution in [3.05, 3.63) is 0 Å². The Bertz CT molecular complexity index is 554. The highest BCUT2D eigenvalue weighted by Crippen LogP contribution is 2.09. The Morgan fingerprint density at radius 3 is 1.85 bits per heavy atom. The maximum atomic E-state index is 11.8. The third-order valence-corrected chi connectivity index (χ3v) is 3.19. The van der Waals surface area contributed by atoms with E-state index in [-0.39, 0.29) is 18.7 Å². The molecule has 0 spiro atoms. The van der Waals surface area contributed by atoms with Gasteiger partial charge in [0, 0.05) is 12.8 Å². The van der Waals surface area contributed by atoms with Gasteiger partial charge in [0.25, 0.3) is 0 Å². The van der Waals surface area contributed by atoms with Crippen molar-refractivity contribution in [2.75, 3.05) is 6.54 Å². The van der Waals surface area contributed by atoms with Crippen LogP contribution < -0.4 is 10.6 Å². The van der Waals surface area contributed by atoms with Crippen LogP contribution in [0.25, 0.3) is 0 Å². The van der Waals surface area contributed by atoms with Gasteiger partial charge in [-0.3, -0.25) is 14.4 Å². The summed E-state index contributed by atoms with van der Waals surface area (Å²) in [4.78, 5) is 56.4. The van der Waals surface area contributed by atoms with Crippen LogP contribution in [0.1, 0.15) is 59.3 Å². The zero-order valence-corrected chi connectivity index (χ0v) is 15.9. The molecule has 10 nitrogen and oxygen atoms in total. The minimum absolute atomic E-state index is 0.0395. The first-order valence-corrected chi connectivity index (χ1v) is 8.66. The molecule has 0 aliphatic heterocycles. The predicted molar refractivity (Wildman–Crippen MR) is 93.8 cm³/mol. The largest absolute Gasteiger partial charge is 0.480 e. The second-order valence-corrected chi connectivity index (χ2v) is 6.96. The molecule has 0 aromatic heterocycles. The number of amides is 2. The summed E-state index contributed by atoms with van der Waals surface area (Å²) in [7, 11) is 0. The van der Waals surface area contributed by atoms with Gasteiger partial charge in [-0.15, -0.1) is 0 Å². The van der Waals surface area contributed by atoms with E-state index in [0.29, 0.717) is 25.7 Å². The standard InChI is InChI=1S/C17H28N2O8/c1-17(2,3)27-16(26)14(15(24)25)19-12(21)9-7-5-4-6-8-11(20)18-10-13(22)23/h14H,4-10H2,1-3H3,(H,18,20)(H,19,21)(H,22,23)(H,24,25). The van der Waals surface area contributed by atoms with Crippen LogP contribution in [-0.2, 0) is 28.7 Å². The molecule has 154 valence electrons. The van der Waals surface area contributed by atoms with Gasteiger partial charge in [0.2, 0.25) is 17.9 Å². The van der Waals surface area contributed by atoms with Gasteiger partial charge in [-0.05, 0) is 33.6 Å². The fourth-order valence-electron chi connectivity index (χ4n) is 2.00. The van der Waals surface area contributed by atoms with Crippen LogP contribution in [0.5, 0.6) is 0 Å². The lowest BCUT2D eigenvalue weighted by molar-refractivity contribution is -0.164. The maximum absolute atomic E-state index is 11.8. The van der Waals surface area contributed by atoms with Crippen LogP contribution in [0, 0.1) is 0 Å². The molecular weight excluding hydrogens is 360 g/mol. The van der Waals surface area contributed by atoms with E-state index >= 15 is 0 Å². The van der Waals surface area contributed by atoms with Gasteiger partial charge in [-0.1, -0.05) is 12.8 Å². The average molecular weight is 388 g/mol. The summed E-state index contributed by atoms with van der Waals surface area (Å²) in [5.74, 6) is -4.56. The molecule has 0 saturated carbocycles. The monoisotopic (exact) mass is 388 g/mol. The molecule has 2 amide bonds. The van der Waals surface area contributed by atoms with Gasteiger partial charge in [-0.2, -0.15) is 0 Å². The van der Waals surface area contributed by atoms with Crippen molar-refractivity contribution in [3.8, 4) is 0 Å². The highest BCUT2D eigenvalue weighted by Gasteiger charge is 2.32. The molecule has 0 saturated heterocycles. The molecule has 1 atom stereocenters. The third kappa shape index (κ3) is 13.2. The quantitative estimate of drug-likeness (QED) is 0.213. The summed E-state index contributed by atoms with van der Waals surface area (Å²) in [6, 6.07) is -1.75. The fraction of sp³-hybridized carbons (Fsp3) is 0.706. The van der Waals surface area contributed by atoms with Crippen LogP contribution in [-0.4, -0.2) is 58.1 Å². The molecule has 4 N–H and O–H groups in total. The zero-order valence-electron chi connectivity index (χ0n) is 15.9. The molecule has 0 aromatic rings. The molecule has 0 aromatic carbocycles. The predicted octanol–water partition coefficient (Wildman–Crippen LogP) is 0.439. The first kappa shape index (κ1) is 24.4. The van der Waals surface area contributed by atoms with E-state index in [1.807, 2.05) is 0 Å². The van der Waals surface area contributed by atoms with Gasteiger partial charge < -0.3 is 25.6 Å². The number of hydrogen-bond donors (Lipinski definition) is 4. The van der Waals surface area contributed by atoms with Crippen LogP contribution in [0.3, 0.4) is 0 Å². The summed E-state index contributed by atoms with van der Waals surface area (Å²) in [6.45, 7) is 4.36. The van der Waals surface area contributed by atoms with Crippen LogP contribution in [0.2, 0.25) is 0 Å². The van der Waals surface area contributed by atoms with Gasteiger partial charge in [-0.25, -0.2) is 9.59 Å². The van der Waals surface area contributed by atoms with Crippen molar-refractivity contribution in [1.29, 1.82) is 0 Å². The molecule has 0 heterocycles. The summed E-state index contributed by atoms with van der Waals surface area (Å²) in [5.41, 5.74) is -0.869. The van der Waals surface area contributed by atoms with Crippen LogP contribution in [0.15, 0.2) is 0 Å². The highest BCUT2D eigenvalue weighted by atomic mass is 16.6. The number of carboxylic acid groups (broad SMARTS) is 2. The molecule has 10 heteroatoms. The fourth-order valence-corrected chi connectivity index (χ4v) is 2.00. The first-order chi connectivity index (χ1) is 12.4. The van der Waals surface area contributed by atoms with Crippen molar-refractivity contribution >= 4 is 29.7 Å². The molecule has 0 fully saturated rings. The van der Waals surface area contributed by atoms with Gasteiger partial charge in [0.15, 0.2) is 0 Å². The van der Waals surface area contributed by atoms with E-state index in [1.165, 1.54) is 0 Å².